The van der Waals surface area contributed by atoms with Crippen LogP contribution in [0.3, 0.4) is 0 Å². The van der Waals surface area contributed by atoms with Crippen molar-refractivity contribution in [3.05, 3.63) is 34.3 Å². The summed E-state index contributed by atoms with van der Waals surface area (Å²) in [6.07, 6.45) is 0.389. The van der Waals surface area contributed by atoms with Crippen molar-refractivity contribution in [1.29, 1.82) is 0 Å². The maximum atomic E-state index is 10.6. The Bertz CT molecular complexity index is 542. The fourth-order valence-electron chi connectivity index (χ4n) is 1.31. The van der Waals surface area contributed by atoms with Crippen LogP contribution in [-0.4, -0.2) is 36.3 Å². The van der Waals surface area contributed by atoms with Crippen molar-refractivity contribution in [3.8, 4) is 0 Å². The Morgan fingerprint density at radius 3 is 3.00 bits per heavy atom. The molecule has 0 aliphatic carbocycles. The van der Waals surface area contributed by atoms with Crippen molar-refractivity contribution in [2.45, 2.75) is 13.0 Å². The number of rotatable bonds is 4. The van der Waals surface area contributed by atoms with Gasteiger partial charge < -0.3 is 5.11 Å². The Balaban J connectivity index is 2.18. The predicted molar refractivity (Wildman–Crippen MR) is 60.2 cm³/mol. The maximum absolute atomic E-state index is 10.6. The lowest BCUT2D eigenvalue weighted by molar-refractivity contribution is -0.138. The molecule has 0 saturated heterocycles. The van der Waals surface area contributed by atoms with Gasteiger partial charge >= 0.3 is 5.97 Å². The van der Waals surface area contributed by atoms with Crippen LogP contribution in [0.4, 0.5) is 0 Å². The highest BCUT2D eigenvalue weighted by Crippen LogP contribution is 2.09. The Hall–Kier alpha value is -1.83. The molecule has 0 amide bonds. The fourth-order valence-corrected chi connectivity index (χ4v) is 1.69. The first kappa shape index (κ1) is 11.6. The Kier molecular flexibility index (Phi) is 3.43. The predicted octanol–water partition coefficient (Wildman–Crippen LogP) is 0.506. The number of hydrogen-bond donors (Lipinski definition) is 1. The standard InChI is InChI=1S/C9H8BrN5O2/c10-7-3-1-2-6(11-7)4-8-12-13-14-15(8)5-9(16)17/h1-3H,4-5H2,(H,16,17). The normalized spacial score (nSPS) is 10.4. The lowest BCUT2D eigenvalue weighted by atomic mass is 10.2. The van der Waals surface area contributed by atoms with E-state index in [1.807, 2.05) is 18.2 Å². The van der Waals surface area contributed by atoms with Crippen LogP contribution < -0.4 is 0 Å². The lowest BCUT2D eigenvalue weighted by Gasteiger charge is -2.01. The van der Waals surface area contributed by atoms with Crippen molar-refractivity contribution in [2.24, 2.45) is 0 Å². The van der Waals surface area contributed by atoms with Crippen molar-refractivity contribution < 1.29 is 9.90 Å². The van der Waals surface area contributed by atoms with E-state index in [0.29, 0.717) is 16.8 Å². The summed E-state index contributed by atoms with van der Waals surface area (Å²) in [5, 5.41) is 19.5. The molecule has 17 heavy (non-hydrogen) atoms. The minimum absolute atomic E-state index is 0.254. The van der Waals surface area contributed by atoms with Crippen LogP contribution in [-0.2, 0) is 17.8 Å². The molecular formula is C9H8BrN5O2. The minimum Gasteiger partial charge on any atom is -0.480 e. The number of carboxylic acids is 1. The van der Waals surface area contributed by atoms with E-state index in [-0.39, 0.29) is 6.54 Å². The SMILES string of the molecule is O=C(O)Cn1nnnc1Cc1cccc(Br)n1. The summed E-state index contributed by atoms with van der Waals surface area (Å²) >= 11 is 3.26. The molecule has 0 saturated carbocycles. The lowest BCUT2D eigenvalue weighted by Crippen LogP contribution is -2.14. The largest absolute Gasteiger partial charge is 0.480 e. The Labute approximate surface area is 105 Å². The molecule has 2 aromatic rings. The first-order valence-corrected chi connectivity index (χ1v) is 5.53. The van der Waals surface area contributed by atoms with Crippen LogP contribution in [0.5, 0.6) is 0 Å². The summed E-state index contributed by atoms with van der Waals surface area (Å²) in [7, 11) is 0. The average Bonchev–Trinajstić information content (AvgIpc) is 2.65. The van der Waals surface area contributed by atoms with Gasteiger partial charge in [-0.2, -0.15) is 0 Å². The minimum atomic E-state index is -0.985. The maximum Gasteiger partial charge on any atom is 0.325 e. The molecule has 0 bridgehead atoms. The first-order valence-electron chi connectivity index (χ1n) is 4.73. The summed E-state index contributed by atoms with van der Waals surface area (Å²) < 4.78 is 1.96. The van der Waals surface area contributed by atoms with E-state index in [1.54, 1.807) is 0 Å². The van der Waals surface area contributed by atoms with Gasteiger partial charge in [-0.25, -0.2) is 9.67 Å². The van der Waals surface area contributed by atoms with Gasteiger partial charge in [-0.05, 0) is 38.5 Å². The second-order valence-electron chi connectivity index (χ2n) is 3.27. The zero-order valence-corrected chi connectivity index (χ0v) is 10.2. The Morgan fingerprint density at radius 1 is 1.47 bits per heavy atom. The number of aromatic nitrogens is 5. The molecule has 88 valence electrons. The molecule has 2 heterocycles. The molecule has 0 spiro atoms. The molecule has 0 unspecified atom stereocenters. The number of nitrogens with zero attached hydrogens (tertiary/aromatic N) is 5. The Morgan fingerprint density at radius 2 is 2.29 bits per heavy atom. The number of halogens is 1. The molecule has 0 aliphatic rings. The zero-order valence-electron chi connectivity index (χ0n) is 8.62. The number of carboxylic acid groups (broad SMARTS) is 1. The summed E-state index contributed by atoms with van der Waals surface area (Å²) in [6, 6.07) is 5.48. The molecule has 0 aromatic carbocycles. The van der Waals surface area contributed by atoms with Crippen molar-refractivity contribution in [1.82, 2.24) is 25.2 Å². The molecule has 1 N–H and O–H groups in total. The van der Waals surface area contributed by atoms with Crippen molar-refractivity contribution in [2.75, 3.05) is 0 Å². The summed E-state index contributed by atoms with van der Waals surface area (Å²) in [5.41, 5.74) is 0.765. The van der Waals surface area contributed by atoms with Gasteiger partial charge in [0.1, 0.15) is 11.1 Å². The van der Waals surface area contributed by atoms with Gasteiger partial charge in [0.2, 0.25) is 0 Å². The van der Waals surface area contributed by atoms with Gasteiger partial charge in [0.25, 0.3) is 0 Å². The van der Waals surface area contributed by atoms with Crippen molar-refractivity contribution in [3.63, 3.8) is 0 Å². The highest BCUT2D eigenvalue weighted by Gasteiger charge is 2.10. The number of hydrogen-bond acceptors (Lipinski definition) is 5. The van der Waals surface area contributed by atoms with Gasteiger partial charge in [-0.3, -0.25) is 4.79 Å². The van der Waals surface area contributed by atoms with E-state index in [4.69, 9.17) is 5.11 Å². The van der Waals surface area contributed by atoms with E-state index in [2.05, 4.69) is 36.4 Å². The second kappa shape index (κ2) is 5.00. The smallest absolute Gasteiger partial charge is 0.325 e. The number of carbonyl (C=O) groups is 1. The van der Waals surface area contributed by atoms with Gasteiger partial charge in [0, 0.05) is 5.69 Å². The second-order valence-corrected chi connectivity index (χ2v) is 4.09. The highest BCUT2D eigenvalue weighted by atomic mass is 79.9. The van der Waals surface area contributed by atoms with E-state index >= 15 is 0 Å². The molecular weight excluding hydrogens is 290 g/mol. The molecule has 2 aromatic heterocycles. The highest BCUT2D eigenvalue weighted by molar-refractivity contribution is 9.10. The third-order valence-electron chi connectivity index (χ3n) is 2.00. The van der Waals surface area contributed by atoms with Crippen LogP contribution in [0.1, 0.15) is 11.5 Å². The van der Waals surface area contributed by atoms with E-state index in [0.717, 1.165) is 5.69 Å². The quantitative estimate of drug-likeness (QED) is 0.826. The monoisotopic (exact) mass is 297 g/mol. The molecule has 8 heteroatoms. The summed E-state index contributed by atoms with van der Waals surface area (Å²) in [4.78, 5) is 14.8. The van der Waals surface area contributed by atoms with Gasteiger partial charge in [-0.1, -0.05) is 6.07 Å². The van der Waals surface area contributed by atoms with Crippen LogP contribution in [0.2, 0.25) is 0 Å². The van der Waals surface area contributed by atoms with Gasteiger partial charge in [0.05, 0.1) is 6.42 Å². The number of pyridine rings is 1. The number of aliphatic carboxylic acids is 1. The molecule has 0 aliphatic heterocycles. The van der Waals surface area contributed by atoms with Gasteiger partial charge in [-0.15, -0.1) is 5.10 Å². The van der Waals surface area contributed by atoms with Crippen LogP contribution in [0.15, 0.2) is 22.8 Å². The van der Waals surface area contributed by atoms with E-state index in [9.17, 15) is 4.79 Å². The third kappa shape index (κ3) is 3.06. The van der Waals surface area contributed by atoms with Crippen molar-refractivity contribution >= 4 is 21.9 Å². The summed E-state index contributed by atoms with van der Waals surface area (Å²) in [5.74, 6) is -0.515. The van der Waals surface area contributed by atoms with Crippen LogP contribution >= 0.6 is 15.9 Å². The zero-order chi connectivity index (χ0) is 12.3. The molecule has 0 radical (unpaired) electrons. The molecule has 2 rings (SSSR count). The van der Waals surface area contributed by atoms with Crippen LogP contribution in [0.25, 0.3) is 0 Å². The number of tetrazole rings is 1. The third-order valence-corrected chi connectivity index (χ3v) is 2.44. The fraction of sp³-hybridized carbons (Fsp3) is 0.222. The molecule has 0 atom stereocenters. The first-order chi connectivity index (χ1) is 8.15. The van der Waals surface area contributed by atoms with E-state index in [1.165, 1.54) is 4.68 Å². The van der Waals surface area contributed by atoms with Gasteiger partial charge in [0.15, 0.2) is 5.82 Å². The molecule has 0 fully saturated rings. The summed E-state index contributed by atoms with van der Waals surface area (Å²) in [6.45, 7) is -0.254. The molecule has 7 nitrogen and oxygen atoms in total. The average molecular weight is 298 g/mol. The van der Waals surface area contributed by atoms with E-state index < -0.39 is 5.97 Å². The van der Waals surface area contributed by atoms with Crippen LogP contribution in [0, 0.1) is 0 Å². The topological polar surface area (TPSA) is 93.8 Å².